The lowest BCUT2D eigenvalue weighted by Crippen LogP contribution is -2.17. The van der Waals surface area contributed by atoms with Crippen molar-refractivity contribution in [1.82, 2.24) is 9.78 Å². The van der Waals surface area contributed by atoms with E-state index in [9.17, 15) is 18.0 Å². The fourth-order valence-corrected chi connectivity index (χ4v) is 3.19. The molecule has 0 saturated carbocycles. The first-order valence-electron chi connectivity index (χ1n) is 7.74. The first-order chi connectivity index (χ1) is 11.4. The fourth-order valence-electron chi connectivity index (χ4n) is 2.39. The zero-order chi connectivity index (χ0) is 17.7. The number of halogens is 3. The first-order valence-corrected chi connectivity index (χ1v) is 8.73. The molecule has 0 aliphatic carbocycles. The number of aromatic nitrogens is 2. The first kappa shape index (κ1) is 18.6. The van der Waals surface area contributed by atoms with Gasteiger partial charge in [0.1, 0.15) is 5.69 Å². The largest absolute Gasteiger partial charge is 0.435 e. The van der Waals surface area contributed by atoms with Gasteiger partial charge >= 0.3 is 6.18 Å². The molecule has 2 aromatic rings. The molecular formula is C17H19F3N2OS. The third-order valence-electron chi connectivity index (χ3n) is 3.71. The normalized spacial score (nSPS) is 11.9. The molecule has 130 valence electrons. The van der Waals surface area contributed by atoms with Gasteiger partial charge in [0.2, 0.25) is 0 Å². The molecule has 0 saturated heterocycles. The van der Waals surface area contributed by atoms with E-state index in [1.807, 2.05) is 44.2 Å². The van der Waals surface area contributed by atoms with Crippen LogP contribution in [0.1, 0.15) is 48.9 Å². The number of hydrogen-bond donors (Lipinski definition) is 0. The molecule has 0 bridgehead atoms. The second kappa shape index (κ2) is 7.88. The van der Waals surface area contributed by atoms with E-state index in [4.69, 9.17) is 0 Å². The predicted molar refractivity (Wildman–Crippen MR) is 88.3 cm³/mol. The molecule has 1 aromatic heterocycles. The third-order valence-corrected chi connectivity index (χ3v) is 4.73. The molecule has 0 amide bonds. The van der Waals surface area contributed by atoms with E-state index in [0.717, 1.165) is 11.0 Å². The van der Waals surface area contributed by atoms with Crippen molar-refractivity contribution in [1.29, 1.82) is 0 Å². The summed E-state index contributed by atoms with van der Waals surface area (Å²) in [6, 6.07) is 9.93. The number of thioether (sulfide) groups is 1. The van der Waals surface area contributed by atoms with Gasteiger partial charge in [0.05, 0.1) is 11.8 Å². The minimum absolute atomic E-state index is 0.0273. The van der Waals surface area contributed by atoms with E-state index in [0.29, 0.717) is 12.8 Å². The van der Waals surface area contributed by atoms with Gasteiger partial charge in [0.25, 0.3) is 0 Å². The molecule has 0 atom stereocenters. The molecule has 0 spiro atoms. The van der Waals surface area contributed by atoms with Crippen LogP contribution in [0, 0.1) is 0 Å². The number of Topliss-reactive ketones (excluding diaryl/α,β-unsaturated/α-hetero) is 1. The third kappa shape index (κ3) is 4.41. The Morgan fingerprint density at radius 2 is 1.83 bits per heavy atom. The number of ketones is 1. The summed E-state index contributed by atoms with van der Waals surface area (Å²) < 4.78 is 40.2. The summed E-state index contributed by atoms with van der Waals surface area (Å²) in [5.41, 5.74) is -0.984. The number of carbonyl (C=O) groups is 1. The number of alkyl halides is 3. The highest BCUT2D eigenvalue weighted by atomic mass is 32.2. The molecule has 0 unspecified atom stereocenters. The van der Waals surface area contributed by atoms with Gasteiger partial charge in [-0.25, -0.2) is 0 Å². The van der Waals surface area contributed by atoms with Crippen molar-refractivity contribution in [2.24, 2.45) is 0 Å². The number of rotatable bonds is 7. The highest BCUT2D eigenvalue weighted by Gasteiger charge is 2.36. The average Bonchev–Trinajstić information content (AvgIpc) is 3.00. The summed E-state index contributed by atoms with van der Waals surface area (Å²) in [5.74, 6) is -0.272. The topological polar surface area (TPSA) is 34.9 Å². The summed E-state index contributed by atoms with van der Waals surface area (Å²) in [7, 11) is 0. The Bertz CT molecular complexity index is 679. The summed E-state index contributed by atoms with van der Waals surface area (Å²) in [6.07, 6.45) is -3.33. The van der Waals surface area contributed by atoms with E-state index in [-0.39, 0.29) is 23.3 Å². The van der Waals surface area contributed by atoms with Gasteiger partial charge in [0.15, 0.2) is 11.5 Å². The number of benzene rings is 1. The van der Waals surface area contributed by atoms with Crippen molar-refractivity contribution >= 4 is 17.5 Å². The minimum Gasteiger partial charge on any atom is -0.292 e. The van der Waals surface area contributed by atoms with Crippen LogP contribution in [0.25, 0.3) is 0 Å². The summed E-state index contributed by atoms with van der Waals surface area (Å²) in [4.78, 5) is 13.4. The number of nitrogens with zero attached hydrogens (tertiary/aromatic N) is 2. The molecule has 0 aliphatic rings. The maximum Gasteiger partial charge on any atom is 0.435 e. The van der Waals surface area contributed by atoms with Crippen molar-refractivity contribution in [3.63, 3.8) is 0 Å². The lowest BCUT2D eigenvalue weighted by atomic mass is 10.1. The number of carbonyl (C=O) groups excluding carboxylic acids is 1. The number of hydrogen-bond acceptors (Lipinski definition) is 3. The van der Waals surface area contributed by atoms with Crippen LogP contribution in [-0.4, -0.2) is 21.3 Å². The minimum atomic E-state index is -4.56. The SMILES string of the molecule is CCC(CC)n1nc(C(F)(F)F)cc1C(=O)CSc1ccccc1. The Labute approximate surface area is 143 Å². The monoisotopic (exact) mass is 356 g/mol. The van der Waals surface area contributed by atoms with Gasteiger partial charge in [-0.15, -0.1) is 11.8 Å². The van der Waals surface area contributed by atoms with Crippen LogP contribution < -0.4 is 0 Å². The van der Waals surface area contributed by atoms with Gasteiger partial charge in [-0.3, -0.25) is 9.48 Å². The van der Waals surface area contributed by atoms with Crippen LogP contribution in [-0.2, 0) is 6.18 Å². The average molecular weight is 356 g/mol. The molecule has 2 rings (SSSR count). The Kier molecular flexibility index (Phi) is 6.10. The van der Waals surface area contributed by atoms with Gasteiger partial charge < -0.3 is 0 Å². The molecule has 0 fully saturated rings. The zero-order valence-electron chi connectivity index (χ0n) is 13.5. The molecule has 3 nitrogen and oxygen atoms in total. The summed E-state index contributed by atoms with van der Waals surface area (Å²) >= 11 is 1.30. The lowest BCUT2D eigenvalue weighted by Gasteiger charge is -2.16. The zero-order valence-corrected chi connectivity index (χ0v) is 14.3. The highest BCUT2D eigenvalue weighted by Crippen LogP contribution is 2.31. The van der Waals surface area contributed by atoms with Crippen LogP contribution in [0.2, 0.25) is 0 Å². The van der Waals surface area contributed by atoms with Crippen LogP contribution >= 0.6 is 11.8 Å². The molecule has 1 aromatic carbocycles. The molecular weight excluding hydrogens is 337 g/mol. The van der Waals surface area contributed by atoms with Crippen LogP contribution in [0.4, 0.5) is 13.2 Å². The van der Waals surface area contributed by atoms with E-state index >= 15 is 0 Å². The standard InChI is InChI=1S/C17H19F3N2OS/c1-3-12(4-2)22-14(10-16(21-22)17(18,19)20)15(23)11-24-13-8-6-5-7-9-13/h5-10,12H,3-4,11H2,1-2H3. The Balaban J connectivity index is 2.26. The van der Waals surface area contributed by atoms with Crippen LogP contribution in [0.3, 0.4) is 0 Å². The van der Waals surface area contributed by atoms with Crippen molar-refractivity contribution in [2.75, 3.05) is 5.75 Å². The van der Waals surface area contributed by atoms with E-state index in [1.54, 1.807) is 0 Å². The molecule has 0 aliphatic heterocycles. The Morgan fingerprint density at radius 1 is 1.21 bits per heavy atom. The van der Waals surface area contributed by atoms with Crippen molar-refractivity contribution in [3.05, 3.63) is 47.8 Å². The van der Waals surface area contributed by atoms with Crippen LogP contribution in [0.5, 0.6) is 0 Å². The van der Waals surface area contributed by atoms with E-state index < -0.39 is 11.9 Å². The second-order valence-corrected chi connectivity index (χ2v) is 6.40. The Hall–Kier alpha value is -1.76. The highest BCUT2D eigenvalue weighted by molar-refractivity contribution is 8.00. The van der Waals surface area contributed by atoms with Crippen LogP contribution in [0.15, 0.2) is 41.3 Å². The second-order valence-electron chi connectivity index (χ2n) is 5.35. The van der Waals surface area contributed by atoms with E-state index in [1.165, 1.54) is 16.4 Å². The summed E-state index contributed by atoms with van der Waals surface area (Å²) in [6.45, 7) is 3.74. The smallest absolute Gasteiger partial charge is 0.292 e. The molecule has 1 heterocycles. The van der Waals surface area contributed by atoms with E-state index in [2.05, 4.69) is 5.10 Å². The maximum absolute atomic E-state index is 13.0. The van der Waals surface area contributed by atoms with Gasteiger partial charge in [-0.05, 0) is 31.0 Å². The predicted octanol–water partition coefficient (Wildman–Crippen LogP) is 5.24. The quantitative estimate of drug-likeness (QED) is 0.503. The molecule has 0 N–H and O–H groups in total. The fraction of sp³-hybridized carbons (Fsp3) is 0.412. The molecule has 7 heteroatoms. The molecule has 24 heavy (non-hydrogen) atoms. The lowest BCUT2D eigenvalue weighted by molar-refractivity contribution is -0.141. The van der Waals surface area contributed by atoms with Crippen molar-refractivity contribution in [3.8, 4) is 0 Å². The van der Waals surface area contributed by atoms with Crippen molar-refractivity contribution < 1.29 is 18.0 Å². The Morgan fingerprint density at radius 3 is 2.38 bits per heavy atom. The maximum atomic E-state index is 13.0. The van der Waals surface area contributed by atoms with Crippen molar-refractivity contribution in [2.45, 2.75) is 43.8 Å². The van der Waals surface area contributed by atoms with Gasteiger partial charge in [0, 0.05) is 4.90 Å². The summed E-state index contributed by atoms with van der Waals surface area (Å²) in [5, 5.41) is 3.66. The van der Waals surface area contributed by atoms with Gasteiger partial charge in [-0.1, -0.05) is 32.0 Å². The molecule has 0 radical (unpaired) electrons. The van der Waals surface area contributed by atoms with Gasteiger partial charge in [-0.2, -0.15) is 18.3 Å².